The maximum Gasteiger partial charge on any atom is 0.223 e. The van der Waals surface area contributed by atoms with Crippen molar-refractivity contribution >= 4 is 17.5 Å². The highest BCUT2D eigenvalue weighted by Crippen LogP contribution is 2.24. The summed E-state index contributed by atoms with van der Waals surface area (Å²) in [6.45, 7) is 0. The molecule has 1 fully saturated rings. The molecule has 1 amide bonds. The van der Waals surface area contributed by atoms with Crippen LogP contribution in [0.1, 0.15) is 31.2 Å². The van der Waals surface area contributed by atoms with Crippen LogP contribution in [-0.4, -0.2) is 17.8 Å². The second-order valence-corrected chi connectivity index (χ2v) is 5.34. The van der Waals surface area contributed by atoms with Gasteiger partial charge in [0.2, 0.25) is 5.91 Å². The van der Waals surface area contributed by atoms with E-state index in [0.717, 1.165) is 19.3 Å². The van der Waals surface area contributed by atoms with Gasteiger partial charge in [-0.1, -0.05) is 43.2 Å². The van der Waals surface area contributed by atoms with Crippen LogP contribution < -0.4 is 5.32 Å². The van der Waals surface area contributed by atoms with Crippen LogP contribution in [0.4, 0.5) is 0 Å². The van der Waals surface area contributed by atoms with Gasteiger partial charge in [0.15, 0.2) is 0 Å². The zero-order chi connectivity index (χ0) is 12.8. The lowest BCUT2D eigenvalue weighted by Gasteiger charge is -2.18. The maximum absolute atomic E-state index is 12.0. The van der Waals surface area contributed by atoms with Crippen molar-refractivity contribution in [1.82, 2.24) is 5.32 Å². The molecule has 0 saturated heterocycles. The lowest BCUT2D eigenvalue weighted by atomic mass is 10.0. The molecule has 98 valence electrons. The number of hydrogen-bond donors (Lipinski definition) is 1. The summed E-state index contributed by atoms with van der Waals surface area (Å²) in [5.41, 5.74) is 1.22. The van der Waals surface area contributed by atoms with Crippen molar-refractivity contribution in [3.8, 4) is 0 Å². The van der Waals surface area contributed by atoms with E-state index < -0.39 is 0 Å². The Kier molecular flexibility index (Phi) is 5.06. The van der Waals surface area contributed by atoms with Gasteiger partial charge < -0.3 is 5.32 Å². The minimum absolute atomic E-state index is 0.0437. The minimum Gasteiger partial charge on any atom is -0.352 e. The first-order chi connectivity index (χ1) is 8.79. The van der Waals surface area contributed by atoms with Crippen molar-refractivity contribution in [2.75, 3.05) is 5.88 Å². The van der Waals surface area contributed by atoms with E-state index in [1.54, 1.807) is 0 Å². The van der Waals surface area contributed by atoms with Gasteiger partial charge in [-0.2, -0.15) is 0 Å². The average Bonchev–Trinajstić information content (AvgIpc) is 2.93. The van der Waals surface area contributed by atoms with Gasteiger partial charge >= 0.3 is 0 Å². The molecule has 1 aromatic rings. The van der Waals surface area contributed by atoms with Crippen LogP contribution in [-0.2, 0) is 11.2 Å². The van der Waals surface area contributed by atoms with Crippen LogP contribution in [0.3, 0.4) is 0 Å². The molecule has 1 unspecified atom stereocenters. The first kappa shape index (κ1) is 13.4. The molecule has 0 aliphatic heterocycles. The highest BCUT2D eigenvalue weighted by atomic mass is 35.5. The van der Waals surface area contributed by atoms with E-state index in [9.17, 15) is 4.79 Å². The van der Waals surface area contributed by atoms with Gasteiger partial charge in [-0.15, -0.1) is 11.6 Å². The molecule has 0 radical (unpaired) electrons. The topological polar surface area (TPSA) is 29.1 Å². The highest BCUT2D eigenvalue weighted by molar-refractivity contribution is 6.18. The van der Waals surface area contributed by atoms with E-state index >= 15 is 0 Å². The van der Waals surface area contributed by atoms with Crippen LogP contribution in [0, 0.1) is 5.92 Å². The summed E-state index contributed by atoms with van der Waals surface area (Å²) in [5, 5.41) is 3.09. The van der Waals surface area contributed by atoms with Crippen molar-refractivity contribution in [1.29, 1.82) is 0 Å². The Morgan fingerprint density at radius 2 is 1.94 bits per heavy atom. The van der Waals surface area contributed by atoms with Crippen molar-refractivity contribution in [3.05, 3.63) is 35.9 Å². The molecule has 1 atom stereocenters. The Morgan fingerprint density at radius 1 is 1.28 bits per heavy atom. The van der Waals surface area contributed by atoms with Crippen molar-refractivity contribution in [3.63, 3.8) is 0 Å². The molecule has 0 bridgehead atoms. The summed E-state index contributed by atoms with van der Waals surface area (Å²) in [7, 11) is 0. The Hall–Kier alpha value is -1.02. The van der Waals surface area contributed by atoms with E-state index in [4.69, 9.17) is 11.6 Å². The molecule has 1 saturated carbocycles. The molecule has 1 aliphatic rings. The first-order valence-corrected chi connectivity index (χ1v) is 7.23. The largest absolute Gasteiger partial charge is 0.352 e. The van der Waals surface area contributed by atoms with Crippen LogP contribution in [0.25, 0.3) is 0 Å². The van der Waals surface area contributed by atoms with Gasteiger partial charge in [0.1, 0.15) is 0 Å². The number of amides is 1. The highest BCUT2D eigenvalue weighted by Gasteiger charge is 2.24. The van der Waals surface area contributed by atoms with Crippen LogP contribution >= 0.6 is 11.6 Å². The number of alkyl halides is 1. The molecular weight excluding hydrogens is 246 g/mol. The Morgan fingerprint density at radius 3 is 2.56 bits per heavy atom. The fourth-order valence-corrected chi connectivity index (χ4v) is 2.74. The van der Waals surface area contributed by atoms with E-state index in [1.165, 1.54) is 18.4 Å². The molecule has 2 rings (SSSR count). The maximum atomic E-state index is 12.0. The van der Waals surface area contributed by atoms with E-state index in [2.05, 4.69) is 17.4 Å². The van der Waals surface area contributed by atoms with E-state index in [-0.39, 0.29) is 17.9 Å². The van der Waals surface area contributed by atoms with E-state index in [1.807, 2.05) is 18.2 Å². The molecule has 2 nitrogen and oxygen atoms in total. The number of carbonyl (C=O) groups is 1. The molecule has 18 heavy (non-hydrogen) atoms. The summed E-state index contributed by atoms with van der Waals surface area (Å²) in [5.74, 6) is 0.869. The third-order valence-electron chi connectivity index (χ3n) is 3.58. The quantitative estimate of drug-likeness (QED) is 0.815. The van der Waals surface area contributed by atoms with Crippen LogP contribution in [0.5, 0.6) is 0 Å². The number of rotatable bonds is 5. The lowest BCUT2D eigenvalue weighted by Crippen LogP contribution is -2.40. The Labute approximate surface area is 114 Å². The number of hydrogen-bond acceptors (Lipinski definition) is 1. The predicted octanol–water partition coefficient (Wildman–Crippen LogP) is 3.14. The molecule has 0 heterocycles. The molecule has 1 aromatic carbocycles. The van der Waals surface area contributed by atoms with E-state index in [0.29, 0.717) is 5.88 Å². The molecular formula is C15H20ClNO. The minimum atomic E-state index is 0.0437. The predicted molar refractivity (Wildman–Crippen MR) is 74.8 cm³/mol. The SMILES string of the molecule is O=C(NC(CCl)Cc1ccccc1)C1CCCC1. The standard InChI is InChI=1S/C15H20ClNO/c16-11-14(10-12-6-2-1-3-7-12)17-15(18)13-8-4-5-9-13/h1-3,6-7,13-14H,4-5,8-11H2,(H,17,18). The molecule has 3 heteroatoms. The summed E-state index contributed by atoms with van der Waals surface area (Å²) in [6, 6.07) is 10.2. The van der Waals surface area contributed by atoms with Gasteiger partial charge in [-0.3, -0.25) is 4.79 Å². The van der Waals surface area contributed by atoms with Gasteiger partial charge in [-0.05, 0) is 24.8 Å². The fraction of sp³-hybridized carbons (Fsp3) is 0.533. The summed E-state index contributed by atoms with van der Waals surface area (Å²) < 4.78 is 0. The van der Waals surface area contributed by atoms with Crippen molar-refractivity contribution < 1.29 is 4.79 Å². The zero-order valence-electron chi connectivity index (χ0n) is 10.6. The molecule has 1 aliphatic carbocycles. The smallest absolute Gasteiger partial charge is 0.223 e. The Balaban J connectivity index is 1.87. The van der Waals surface area contributed by atoms with Crippen LogP contribution in [0.15, 0.2) is 30.3 Å². The average molecular weight is 266 g/mol. The zero-order valence-corrected chi connectivity index (χ0v) is 11.3. The first-order valence-electron chi connectivity index (χ1n) is 6.70. The number of benzene rings is 1. The second-order valence-electron chi connectivity index (χ2n) is 5.03. The van der Waals surface area contributed by atoms with Crippen molar-refractivity contribution in [2.45, 2.75) is 38.1 Å². The number of nitrogens with one attached hydrogen (secondary N) is 1. The Bertz CT molecular complexity index is 373. The lowest BCUT2D eigenvalue weighted by molar-refractivity contribution is -0.125. The summed E-state index contributed by atoms with van der Waals surface area (Å²) in [6.07, 6.45) is 5.24. The third kappa shape index (κ3) is 3.74. The second kappa shape index (κ2) is 6.79. The summed E-state index contributed by atoms with van der Waals surface area (Å²) in [4.78, 5) is 12.0. The van der Waals surface area contributed by atoms with Crippen molar-refractivity contribution in [2.24, 2.45) is 5.92 Å². The summed E-state index contributed by atoms with van der Waals surface area (Å²) >= 11 is 5.95. The third-order valence-corrected chi connectivity index (χ3v) is 3.96. The van der Waals surface area contributed by atoms with Crippen LogP contribution in [0.2, 0.25) is 0 Å². The normalized spacial score (nSPS) is 17.6. The molecule has 1 N–H and O–H groups in total. The monoisotopic (exact) mass is 265 g/mol. The molecule has 0 spiro atoms. The number of carbonyl (C=O) groups excluding carboxylic acids is 1. The number of halogens is 1. The fourth-order valence-electron chi connectivity index (χ4n) is 2.55. The molecule has 0 aromatic heterocycles. The van der Waals surface area contributed by atoms with Gasteiger partial charge in [-0.25, -0.2) is 0 Å². The van der Waals surface area contributed by atoms with Gasteiger partial charge in [0.25, 0.3) is 0 Å². The van der Waals surface area contributed by atoms with Gasteiger partial charge in [0, 0.05) is 17.8 Å². The van der Waals surface area contributed by atoms with Gasteiger partial charge in [0.05, 0.1) is 0 Å².